The van der Waals surface area contributed by atoms with Gasteiger partial charge in [0.2, 0.25) is 5.88 Å². The fourth-order valence-electron chi connectivity index (χ4n) is 4.19. The molecule has 152 valence electrons. The molecule has 2 aliphatic rings. The van der Waals surface area contributed by atoms with E-state index in [0.717, 1.165) is 11.1 Å². The van der Waals surface area contributed by atoms with Crippen LogP contribution in [0.15, 0.2) is 59.3 Å². The Labute approximate surface area is 171 Å². The minimum Gasteiger partial charge on any atom is -0.449 e. The molecule has 2 aromatic heterocycles. The lowest BCUT2D eigenvalue weighted by Gasteiger charge is -2.40. The number of carbonyl (C=O) groups excluding carboxylic acids is 2. The second kappa shape index (κ2) is 6.77. The molecule has 1 fully saturated rings. The second-order valence-electron chi connectivity index (χ2n) is 7.71. The zero-order valence-electron chi connectivity index (χ0n) is 16.0. The largest absolute Gasteiger partial charge is 0.449 e. The van der Waals surface area contributed by atoms with Crippen LogP contribution in [-0.2, 0) is 15.1 Å². The van der Waals surface area contributed by atoms with Gasteiger partial charge in [0.15, 0.2) is 5.69 Å². The van der Waals surface area contributed by atoms with Crippen LogP contribution in [0.2, 0.25) is 0 Å². The van der Waals surface area contributed by atoms with Crippen LogP contribution in [0.5, 0.6) is 0 Å². The van der Waals surface area contributed by atoms with Crippen LogP contribution in [-0.4, -0.2) is 32.7 Å². The molecule has 1 aliphatic carbocycles. The third-order valence-electron chi connectivity index (χ3n) is 5.90. The Hall–Kier alpha value is -3.52. The van der Waals surface area contributed by atoms with Gasteiger partial charge in [-0.2, -0.15) is 0 Å². The molecule has 1 amide bonds. The van der Waals surface area contributed by atoms with Crippen LogP contribution in [0.1, 0.15) is 41.7 Å². The average molecular weight is 405 g/mol. The molecule has 0 radical (unpaired) electrons. The van der Waals surface area contributed by atoms with E-state index in [2.05, 4.69) is 15.5 Å². The van der Waals surface area contributed by atoms with E-state index >= 15 is 0 Å². The summed E-state index contributed by atoms with van der Waals surface area (Å²) >= 11 is 0. The first-order chi connectivity index (χ1) is 14.5. The molecule has 1 spiro atoms. The number of aliphatic hydroxyl groups is 1. The van der Waals surface area contributed by atoms with Gasteiger partial charge in [0.25, 0.3) is 5.91 Å². The van der Waals surface area contributed by atoms with E-state index in [4.69, 9.17) is 9.26 Å². The first-order valence-corrected chi connectivity index (χ1v) is 9.74. The smallest absolute Gasteiger partial charge is 0.358 e. The number of anilines is 1. The monoisotopic (exact) mass is 405 g/mol. The number of benzene rings is 1. The highest BCUT2D eigenvalue weighted by atomic mass is 16.6. The third-order valence-corrected chi connectivity index (χ3v) is 5.90. The van der Waals surface area contributed by atoms with Gasteiger partial charge in [0.1, 0.15) is 16.9 Å². The number of nitrogens with zero attached hydrogens (tertiary/aromatic N) is 2. The normalized spacial score (nSPS) is 25.0. The van der Waals surface area contributed by atoms with Crippen molar-refractivity contribution < 1.29 is 24.0 Å². The summed E-state index contributed by atoms with van der Waals surface area (Å²) in [5.74, 6) is -0.867. The van der Waals surface area contributed by atoms with Crippen LogP contribution in [0, 0.1) is 0 Å². The van der Waals surface area contributed by atoms with Gasteiger partial charge < -0.3 is 14.4 Å². The highest BCUT2D eigenvalue weighted by Crippen LogP contribution is 2.48. The van der Waals surface area contributed by atoms with Crippen molar-refractivity contribution in [2.75, 3.05) is 5.32 Å². The summed E-state index contributed by atoms with van der Waals surface area (Å²) in [6.45, 7) is 0. The summed E-state index contributed by atoms with van der Waals surface area (Å²) in [6.07, 6.45) is 2.48. The predicted molar refractivity (Wildman–Crippen MR) is 105 cm³/mol. The minimum atomic E-state index is -1.59. The number of nitrogens with one attached hydrogen (secondary N) is 1. The van der Waals surface area contributed by atoms with E-state index in [1.165, 1.54) is 0 Å². The lowest BCUT2D eigenvalue weighted by atomic mass is 9.73. The van der Waals surface area contributed by atoms with Crippen LogP contribution < -0.4 is 5.32 Å². The van der Waals surface area contributed by atoms with E-state index in [0.29, 0.717) is 24.2 Å². The number of amides is 1. The summed E-state index contributed by atoms with van der Waals surface area (Å²) < 4.78 is 10.8. The number of pyridine rings is 1. The lowest BCUT2D eigenvalue weighted by Crippen LogP contribution is -2.49. The Morgan fingerprint density at radius 2 is 1.83 bits per heavy atom. The lowest BCUT2D eigenvalue weighted by molar-refractivity contribution is -0.144. The number of hydrogen-bond acceptors (Lipinski definition) is 7. The molecule has 30 heavy (non-hydrogen) atoms. The molecule has 0 saturated heterocycles. The molecule has 0 atom stereocenters. The third kappa shape index (κ3) is 2.96. The van der Waals surface area contributed by atoms with E-state index < -0.39 is 23.1 Å². The van der Waals surface area contributed by atoms with Crippen molar-refractivity contribution in [2.45, 2.75) is 36.9 Å². The number of esters is 1. The summed E-state index contributed by atoms with van der Waals surface area (Å²) in [5, 5.41) is 17.5. The van der Waals surface area contributed by atoms with Crippen LogP contribution in [0.4, 0.5) is 5.88 Å². The summed E-state index contributed by atoms with van der Waals surface area (Å²) in [4.78, 5) is 29.0. The molecule has 3 aromatic rings. The van der Waals surface area contributed by atoms with Gasteiger partial charge in [-0.15, -0.1) is 0 Å². The molecule has 1 aliphatic heterocycles. The van der Waals surface area contributed by atoms with Crippen molar-refractivity contribution in [1.29, 1.82) is 0 Å². The van der Waals surface area contributed by atoms with Crippen molar-refractivity contribution in [2.24, 2.45) is 0 Å². The van der Waals surface area contributed by atoms with Crippen molar-refractivity contribution >= 4 is 17.8 Å². The Kier molecular flexibility index (Phi) is 4.18. The molecular weight excluding hydrogens is 386 g/mol. The maximum atomic E-state index is 12.8. The van der Waals surface area contributed by atoms with Crippen LogP contribution >= 0.6 is 0 Å². The number of aromatic nitrogens is 2. The first kappa shape index (κ1) is 18.5. The van der Waals surface area contributed by atoms with Gasteiger partial charge in [-0.3, -0.25) is 10.1 Å². The number of ether oxygens (including phenoxy) is 1. The Balaban J connectivity index is 1.29. The Bertz CT molecular complexity index is 1120. The number of rotatable bonds is 3. The van der Waals surface area contributed by atoms with Crippen molar-refractivity contribution in [1.82, 2.24) is 10.1 Å². The molecule has 8 nitrogen and oxygen atoms in total. The molecule has 0 bridgehead atoms. The van der Waals surface area contributed by atoms with Crippen LogP contribution in [0.25, 0.3) is 11.3 Å². The van der Waals surface area contributed by atoms with Gasteiger partial charge in [-0.25, -0.2) is 9.78 Å². The molecule has 1 saturated carbocycles. The molecule has 5 rings (SSSR count). The zero-order valence-corrected chi connectivity index (χ0v) is 16.0. The fourth-order valence-corrected chi connectivity index (χ4v) is 4.19. The summed E-state index contributed by atoms with van der Waals surface area (Å²) in [6, 6.07) is 14.6. The first-order valence-electron chi connectivity index (χ1n) is 9.74. The molecular formula is C22H19N3O5. The topological polar surface area (TPSA) is 115 Å². The molecule has 3 heterocycles. The maximum Gasteiger partial charge on any atom is 0.358 e. The zero-order chi connectivity index (χ0) is 20.8. The molecule has 0 unspecified atom stereocenters. The number of hydrogen-bond donors (Lipinski definition) is 2. The minimum absolute atomic E-state index is 0.139. The Morgan fingerprint density at radius 1 is 1.07 bits per heavy atom. The molecule has 8 heteroatoms. The van der Waals surface area contributed by atoms with Gasteiger partial charge in [0, 0.05) is 23.4 Å². The van der Waals surface area contributed by atoms with Crippen molar-refractivity contribution in [3.63, 3.8) is 0 Å². The van der Waals surface area contributed by atoms with Crippen molar-refractivity contribution in [3.8, 4) is 11.3 Å². The van der Waals surface area contributed by atoms with Gasteiger partial charge in [-0.1, -0.05) is 41.6 Å². The van der Waals surface area contributed by atoms with E-state index in [1.807, 2.05) is 36.4 Å². The van der Waals surface area contributed by atoms with Gasteiger partial charge in [0.05, 0.1) is 0 Å². The van der Waals surface area contributed by atoms with E-state index in [9.17, 15) is 14.7 Å². The van der Waals surface area contributed by atoms with E-state index in [1.54, 1.807) is 18.3 Å². The number of carbonyl (C=O) groups is 2. The molecule has 1 aromatic carbocycles. The van der Waals surface area contributed by atoms with Crippen LogP contribution in [0.3, 0.4) is 0 Å². The summed E-state index contributed by atoms with van der Waals surface area (Å²) in [5.41, 5.74) is 0.0444. The maximum absolute atomic E-state index is 12.8. The SMILES string of the molecule is O=C1OC2(CCC(O)(C(=O)Nc3cc(-c4ccccc4)no3)CC2)c2cccnc21. The quantitative estimate of drug-likeness (QED) is 0.644. The van der Waals surface area contributed by atoms with E-state index in [-0.39, 0.29) is 18.7 Å². The Morgan fingerprint density at radius 3 is 2.60 bits per heavy atom. The number of fused-ring (bicyclic) bond motifs is 2. The van der Waals surface area contributed by atoms with Gasteiger partial charge in [-0.05, 0) is 31.7 Å². The predicted octanol–water partition coefficient (Wildman–Crippen LogP) is 3.05. The van der Waals surface area contributed by atoms with Gasteiger partial charge >= 0.3 is 5.97 Å². The highest BCUT2D eigenvalue weighted by molar-refractivity contribution is 5.97. The fraction of sp³-hybridized carbons (Fsp3) is 0.273. The van der Waals surface area contributed by atoms with Crippen molar-refractivity contribution in [3.05, 3.63) is 66.0 Å². The summed E-state index contributed by atoms with van der Waals surface area (Å²) in [7, 11) is 0. The standard InChI is InChI=1S/C22H19N3O5/c26-19-18-15(7-4-12-23-18)22(29-19)10-8-21(28,9-11-22)20(27)24-17-13-16(25-30-17)14-5-2-1-3-6-14/h1-7,12-13,28H,8-11H2,(H,24,27). The average Bonchev–Trinajstić information content (AvgIpc) is 3.35. The highest BCUT2D eigenvalue weighted by Gasteiger charge is 2.53. The second-order valence-corrected chi connectivity index (χ2v) is 7.71. The molecule has 2 N–H and O–H groups in total.